The Kier molecular flexibility index (Phi) is 13.8. The highest BCUT2D eigenvalue weighted by molar-refractivity contribution is 7.42. The first-order valence-electron chi connectivity index (χ1n) is 9.30. The highest BCUT2D eigenvalue weighted by Gasteiger charge is 2.19. The van der Waals surface area contributed by atoms with Gasteiger partial charge in [0.05, 0.1) is 6.61 Å². The van der Waals surface area contributed by atoms with Gasteiger partial charge in [0.15, 0.2) is 0 Å². The molecule has 3 N–H and O–H groups in total. The van der Waals surface area contributed by atoms with Crippen molar-refractivity contribution in [3.63, 3.8) is 0 Å². The lowest BCUT2D eigenvalue weighted by Crippen LogP contribution is -2.10. The summed E-state index contributed by atoms with van der Waals surface area (Å²) in [7, 11) is -4.09. The van der Waals surface area contributed by atoms with Crippen molar-refractivity contribution in [2.45, 2.75) is 39.5 Å². The van der Waals surface area contributed by atoms with Crippen LogP contribution in [0.3, 0.4) is 0 Å². The van der Waals surface area contributed by atoms with Crippen molar-refractivity contribution in [3.8, 4) is 11.5 Å². The molecular weight excluding hydrogens is 398 g/mol. The van der Waals surface area contributed by atoms with Gasteiger partial charge < -0.3 is 23.7 Å². The van der Waals surface area contributed by atoms with Gasteiger partial charge in [-0.15, -0.1) is 0 Å². The highest BCUT2D eigenvalue weighted by Crippen LogP contribution is 2.42. The van der Waals surface area contributed by atoms with Crippen LogP contribution in [0.5, 0.6) is 11.5 Å². The van der Waals surface area contributed by atoms with Gasteiger partial charge in [0.2, 0.25) is 0 Å². The normalized spacial score (nSPS) is 11.7. The average Bonchev–Trinajstić information content (AvgIpc) is 2.69. The third-order valence-electron chi connectivity index (χ3n) is 3.81. The van der Waals surface area contributed by atoms with Gasteiger partial charge in [-0.3, -0.25) is 4.52 Å². The van der Waals surface area contributed by atoms with Crippen LogP contribution in [-0.2, 0) is 4.52 Å². The zero-order chi connectivity index (χ0) is 20.6. The standard InChI is InChI=1S/C20H27O3P.H3O3P/c1-3-5-12-18(4-2)17-21-24(22-19-13-8-6-9-14-19)23-20-15-10-7-11-16-20;1-4(2)3/h6-11,13-16,18H,3-5,12,17H2,1-2H3;1-3H. The highest BCUT2D eigenvalue weighted by atomic mass is 31.2. The van der Waals surface area contributed by atoms with Gasteiger partial charge in [-0.2, -0.15) is 0 Å². The molecule has 0 spiro atoms. The van der Waals surface area contributed by atoms with Crippen LogP contribution in [0, 0.1) is 5.92 Å². The number of hydrogen-bond donors (Lipinski definition) is 3. The molecule has 6 nitrogen and oxygen atoms in total. The van der Waals surface area contributed by atoms with Crippen molar-refractivity contribution in [1.29, 1.82) is 0 Å². The molecule has 0 bridgehead atoms. The molecule has 0 aromatic heterocycles. The first kappa shape index (κ1) is 24.8. The second-order valence-corrected chi connectivity index (χ2v) is 7.62. The van der Waals surface area contributed by atoms with Crippen molar-refractivity contribution in [3.05, 3.63) is 60.7 Å². The van der Waals surface area contributed by atoms with Gasteiger partial charge in [0, 0.05) is 0 Å². The summed E-state index contributed by atoms with van der Waals surface area (Å²) in [4.78, 5) is 21.7. The van der Waals surface area contributed by atoms with Crippen molar-refractivity contribution >= 4 is 17.2 Å². The smallest absolute Gasteiger partial charge is 0.418 e. The fourth-order valence-electron chi connectivity index (χ4n) is 2.27. The predicted molar refractivity (Wildman–Crippen MR) is 114 cm³/mol. The summed E-state index contributed by atoms with van der Waals surface area (Å²) in [5.41, 5.74) is 0. The van der Waals surface area contributed by atoms with E-state index in [9.17, 15) is 0 Å². The predicted octanol–water partition coefficient (Wildman–Crippen LogP) is 5.79. The summed E-state index contributed by atoms with van der Waals surface area (Å²) in [5.74, 6) is 2.08. The Balaban J connectivity index is 0.000000892. The van der Waals surface area contributed by atoms with Crippen molar-refractivity contribution in [1.82, 2.24) is 0 Å². The SMILES string of the molecule is CCCCC(CC)COP(Oc1ccccc1)Oc1ccccc1.OP(O)O. The summed E-state index contributed by atoms with van der Waals surface area (Å²) >= 11 is 0. The summed E-state index contributed by atoms with van der Waals surface area (Å²) in [6, 6.07) is 19.4. The first-order chi connectivity index (χ1) is 13.5. The Labute approximate surface area is 170 Å². The molecular formula is C20H30O6P2. The number of hydrogen-bond acceptors (Lipinski definition) is 6. The molecule has 1 unspecified atom stereocenters. The van der Waals surface area contributed by atoms with Crippen molar-refractivity contribution < 1.29 is 28.3 Å². The third kappa shape index (κ3) is 12.2. The largest absolute Gasteiger partial charge is 0.463 e. The van der Waals surface area contributed by atoms with E-state index in [1.807, 2.05) is 60.7 Å². The van der Waals surface area contributed by atoms with E-state index in [0.29, 0.717) is 12.5 Å². The van der Waals surface area contributed by atoms with Crippen molar-refractivity contribution in [2.75, 3.05) is 6.61 Å². The number of unbranched alkanes of at least 4 members (excludes halogenated alkanes) is 1. The molecule has 1 atom stereocenters. The second kappa shape index (κ2) is 15.6. The van der Waals surface area contributed by atoms with Gasteiger partial charge >= 0.3 is 17.2 Å². The molecule has 0 saturated carbocycles. The fourth-order valence-corrected chi connectivity index (χ4v) is 3.33. The molecule has 0 aliphatic heterocycles. The van der Waals surface area contributed by atoms with Crippen LogP contribution in [0.1, 0.15) is 39.5 Å². The van der Waals surface area contributed by atoms with Gasteiger partial charge in [-0.05, 0) is 36.6 Å². The maximum atomic E-state index is 7.23. The Morgan fingerprint density at radius 3 is 1.68 bits per heavy atom. The van der Waals surface area contributed by atoms with E-state index in [-0.39, 0.29) is 0 Å². The van der Waals surface area contributed by atoms with Crippen LogP contribution in [0.4, 0.5) is 0 Å². The lowest BCUT2D eigenvalue weighted by molar-refractivity contribution is 0.208. The van der Waals surface area contributed by atoms with Gasteiger partial charge in [0.1, 0.15) is 11.5 Å². The van der Waals surface area contributed by atoms with Gasteiger partial charge in [0.25, 0.3) is 0 Å². The Bertz CT molecular complexity index is 556. The fraction of sp³-hybridized carbons (Fsp3) is 0.400. The molecule has 8 heteroatoms. The van der Waals surface area contributed by atoms with E-state index in [0.717, 1.165) is 17.9 Å². The molecule has 28 heavy (non-hydrogen) atoms. The van der Waals surface area contributed by atoms with Crippen molar-refractivity contribution in [2.24, 2.45) is 5.92 Å². The minimum absolute atomic E-state index is 0.550. The van der Waals surface area contributed by atoms with E-state index in [2.05, 4.69) is 13.8 Å². The van der Waals surface area contributed by atoms with E-state index in [1.54, 1.807) is 0 Å². The lowest BCUT2D eigenvalue weighted by Gasteiger charge is -2.20. The van der Waals surface area contributed by atoms with E-state index in [1.165, 1.54) is 19.3 Å². The van der Waals surface area contributed by atoms with Crippen LogP contribution in [0.2, 0.25) is 0 Å². The van der Waals surface area contributed by atoms with Crippen LogP contribution < -0.4 is 9.05 Å². The summed E-state index contributed by atoms with van der Waals surface area (Å²) < 4.78 is 17.9. The maximum Gasteiger partial charge on any atom is 0.463 e. The summed E-state index contributed by atoms with van der Waals surface area (Å²) in [5, 5.41) is 0. The van der Waals surface area contributed by atoms with Crippen LogP contribution in [-0.4, -0.2) is 21.3 Å². The topological polar surface area (TPSA) is 88.4 Å². The van der Waals surface area contributed by atoms with Crippen LogP contribution in [0.25, 0.3) is 0 Å². The van der Waals surface area contributed by atoms with Crippen LogP contribution in [0.15, 0.2) is 60.7 Å². The molecule has 0 aliphatic carbocycles. The number of para-hydroxylation sites is 2. The molecule has 2 aromatic rings. The maximum absolute atomic E-state index is 7.23. The first-order valence-corrected chi connectivity index (χ1v) is 11.6. The Morgan fingerprint density at radius 1 is 0.821 bits per heavy atom. The molecule has 2 rings (SSSR count). The molecule has 0 heterocycles. The average molecular weight is 428 g/mol. The minimum Gasteiger partial charge on any atom is -0.418 e. The minimum atomic E-state index is -2.62. The molecule has 0 fully saturated rings. The van der Waals surface area contributed by atoms with Gasteiger partial charge in [-0.1, -0.05) is 69.5 Å². The van der Waals surface area contributed by atoms with Crippen LogP contribution >= 0.6 is 17.2 Å². The summed E-state index contributed by atoms with van der Waals surface area (Å²) in [6.45, 7) is 5.10. The monoisotopic (exact) mass is 428 g/mol. The molecule has 0 radical (unpaired) electrons. The van der Waals surface area contributed by atoms with Gasteiger partial charge in [-0.25, -0.2) is 0 Å². The van der Waals surface area contributed by atoms with E-state index >= 15 is 0 Å². The Hall–Kier alpha value is -1.26. The molecule has 0 saturated heterocycles. The summed E-state index contributed by atoms with van der Waals surface area (Å²) in [6.07, 6.45) is 4.75. The zero-order valence-corrected chi connectivity index (χ0v) is 18.1. The lowest BCUT2D eigenvalue weighted by atomic mass is 10.0. The van der Waals surface area contributed by atoms with E-state index in [4.69, 9.17) is 28.3 Å². The molecule has 0 aliphatic rings. The number of rotatable bonds is 11. The zero-order valence-electron chi connectivity index (χ0n) is 16.3. The second-order valence-electron chi connectivity index (χ2n) is 6.01. The molecule has 156 valence electrons. The molecule has 2 aromatic carbocycles. The molecule has 0 amide bonds. The number of benzene rings is 2. The Morgan fingerprint density at radius 2 is 1.29 bits per heavy atom. The van der Waals surface area contributed by atoms with E-state index < -0.39 is 17.2 Å². The third-order valence-corrected chi connectivity index (χ3v) is 4.88. The quantitative estimate of drug-likeness (QED) is 0.393.